The Hall–Kier alpha value is -1.62. The van der Waals surface area contributed by atoms with Crippen molar-refractivity contribution < 1.29 is 13.9 Å². The quantitative estimate of drug-likeness (QED) is 0.829. The third-order valence-electron chi connectivity index (χ3n) is 2.74. The Kier molecular flexibility index (Phi) is 5.58. The lowest BCUT2D eigenvalue weighted by Gasteiger charge is -2.16. The molecule has 2 N–H and O–H groups in total. The lowest BCUT2D eigenvalue weighted by atomic mass is 10.1. The van der Waals surface area contributed by atoms with Crippen LogP contribution in [-0.4, -0.2) is 38.1 Å². The number of rotatable bonds is 6. The Bertz CT molecular complexity index is 410. The van der Waals surface area contributed by atoms with E-state index in [9.17, 15) is 9.18 Å². The highest BCUT2D eigenvalue weighted by atomic mass is 19.1. The van der Waals surface area contributed by atoms with Crippen LogP contribution in [0.15, 0.2) is 18.2 Å². The van der Waals surface area contributed by atoms with E-state index in [2.05, 4.69) is 0 Å². The first-order chi connectivity index (χ1) is 8.58. The van der Waals surface area contributed by atoms with Crippen LogP contribution in [-0.2, 0) is 11.2 Å². The number of methoxy groups -OCH3 is 1. The SMILES string of the molecule is COc1ccc(CCN(C)C(=O)CCN)cc1F. The molecule has 0 heterocycles. The Morgan fingerprint density at radius 2 is 2.22 bits per heavy atom. The molecule has 1 rings (SSSR count). The van der Waals surface area contributed by atoms with E-state index in [1.54, 1.807) is 24.1 Å². The molecule has 0 aliphatic heterocycles. The lowest BCUT2D eigenvalue weighted by molar-refractivity contribution is -0.129. The van der Waals surface area contributed by atoms with E-state index in [0.29, 0.717) is 25.9 Å². The summed E-state index contributed by atoms with van der Waals surface area (Å²) in [7, 11) is 3.15. The van der Waals surface area contributed by atoms with Gasteiger partial charge in [0.05, 0.1) is 7.11 Å². The third kappa shape index (κ3) is 4.00. The van der Waals surface area contributed by atoms with Crippen molar-refractivity contribution in [1.29, 1.82) is 0 Å². The summed E-state index contributed by atoms with van der Waals surface area (Å²) in [6, 6.07) is 4.82. The molecule has 0 radical (unpaired) electrons. The van der Waals surface area contributed by atoms with E-state index in [0.717, 1.165) is 5.56 Å². The number of carbonyl (C=O) groups is 1. The standard InChI is InChI=1S/C13H19FN2O2/c1-16(13(17)5-7-15)8-6-10-3-4-12(18-2)11(14)9-10/h3-4,9H,5-8,15H2,1-2H3. The maximum absolute atomic E-state index is 13.4. The van der Waals surface area contributed by atoms with Crippen molar-refractivity contribution >= 4 is 5.91 Å². The normalized spacial score (nSPS) is 10.2. The zero-order valence-electron chi connectivity index (χ0n) is 10.8. The monoisotopic (exact) mass is 254 g/mol. The van der Waals surface area contributed by atoms with E-state index in [4.69, 9.17) is 10.5 Å². The van der Waals surface area contributed by atoms with E-state index in [-0.39, 0.29) is 17.5 Å². The zero-order chi connectivity index (χ0) is 13.5. The number of hydrogen-bond donors (Lipinski definition) is 1. The summed E-state index contributed by atoms with van der Waals surface area (Å²) < 4.78 is 18.3. The largest absolute Gasteiger partial charge is 0.494 e. The van der Waals surface area contributed by atoms with Gasteiger partial charge in [-0.2, -0.15) is 0 Å². The molecule has 0 aliphatic carbocycles. The summed E-state index contributed by atoms with van der Waals surface area (Å²) in [4.78, 5) is 13.1. The number of ether oxygens (including phenoxy) is 1. The first-order valence-corrected chi connectivity index (χ1v) is 5.85. The zero-order valence-corrected chi connectivity index (χ0v) is 10.8. The second kappa shape index (κ2) is 6.96. The number of carbonyl (C=O) groups excluding carboxylic acids is 1. The van der Waals surface area contributed by atoms with Crippen molar-refractivity contribution in [2.24, 2.45) is 5.73 Å². The average Bonchev–Trinajstić information content (AvgIpc) is 2.36. The van der Waals surface area contributed by atoms with Crippen LogP contribution in [0.2, 0.25) is 0 Å². The molecule has 0 saturated carbocycles. The molecule has 0 aromatic heterocycles. The van der Waals surface area contributed by atoms with Crippen molar-refractivity contribution in [1.82, 2.24) is 4.90 Å². The van der Waals surface area contributed by atoms with Gasteiger partial charge in [-0.1, -0.05) is 6.07 Å². The highest BCUT2D eigenvalue weighted by Crippen LogP contribution is 2.18. The Morgan fingerprint density at radius 3 is 2.78 bits per heavy atom. The molecule has 0 atom stereocenters. The fourth-order valence-corrected chi connectivity index (χ4v) is 1.60. The molecule has 0 spiro atoms. The van der Waals surface area contributed by atoms with Gasteiger partial charge in [0.1, 0.15) is 0 Å². The number of halogens is 1. The first-order valence-electron chi connectivity index (χ1n) is 5.85. The highest BCUT2D eigenvalue weighted by Gasteiger charge is 2.08. The van der Waals surface area contributed by atoms with Gasteiger partial charge in [-0.15, -0.1) is 0 Å². The maximum Gasteiger partial charge on any atom is 0.223 e. The van der Waals surface area contributed by atoms with Crippen molar-refractivity contribution in [3.8, 4) is 5.75 Å². The van der Waals surface area contributed by atoms with Gasteiger partial charge < -0.3 is 15.4 Å². The smallest absolute Gasteiger partial charge is 0.223 e. The van der Waals surface area contributed by atoms with E-state index >= 15 is 0 Å². The van der Waals surface area contributed by atoms with Crippen LogP contribution in [0.1, 0.15) is 12.0 Å². The molecule has 0 bridgehead atoms. The van der Waals surface area contributed by atoms with Crippen molar-refractivity contribution in [3.63, 3.8) is 0 Å². The number of amides is 1. The average molecular weight is 254 g/mol. The molecular formula is C13H19FN2O2. The van der Waals surface area contributed by atoms with Gasteiger partial charge in [0.15, 0.2) is 11.6 Å². The molecule has 5 heteroatoms. The van der Waals surface area contributed by atoms with Crippen LogP contribution >= 0.6 is 0 Å². The molecule has 4 nitrogen and oxygen atoms in total. The van der Waals surface area contributed by atoms with Crippen molar-refractivity contribution in [2.75, 3.05) is 27.2 Å². The topological polar surface area (TPSA) is 55.6 Å². The van der Waals surface area contributed by atoms with E-state index in [1.165, 1.54) is 13.2 Å². The summed E-state index contributed by atoms with van der Waals surface area (Å²) in [6.07, 6.45) is 0.946. The summed E-state index contributed by atoms with van der Waals surface area (Å²) in [5.74, 6) is -0.149. The van der Waals surface area contributed by atoms with Gasteiger partial charge in [0.2, 0.25) is 5.91 Å². The molecular weight excluding hydrogens is 235 g/mol. The van der Waals surface area contributed by atoms with E-state index < -0.39 is 0 Å². The lowest BCUT2D eigenvalue weighted by Crippen LogP contribution is -2.30. The van der Waals surface area contributed by atoms with Crippen LogP contribution in [0.25, 0.3) is 0 Å². The van der Waals surface area contributed by atoms with Crippen molar-refractivity contribution in [2.45, 2.75) is 12.8 Å². The van der Waals surface area contributed by atoms with Crippen LogP contribution in [0.5, 0.6) is 5.75 Å². The minimum Gasteiger partial charge on any atom is -0.494 e. The number of benzene rings is 1. The minimum atomic E-state index is -0.383. The minimum absolute atomic E-state index is 0.00600. The van der Waals surface area contributed by atoms with Crippen LogP contribution in [0.4, 0.5) is 4.39 Å². The van der Waals surface area contributed by atoms with Crippen LogP contribution in [0, 0.1) is 5.82 Å². The molecule has 18 heavy (non-hydrogen) atoms. The predicted molar refractivity (Wildman–Crippen MR) is 68.0 cm³/mol. The van der Waals surface area contributed by atoms with Gasteiger partial charge in [-0.25, -0.2) is 4.39 Å². The Morgan fingerprint density at radius 1 is 1.50 bits per heavy atom. The fourth-order valence-electron chi connectivity index (χ4n) is 1.60. The summed E-state index contributed by atoms with van der Waals surface area (Å²) in [5, 5.41) is 0. The number of nitrogens with zero attached hydrogens (tertiary/aromatic N) is 1. The molecule has 0 aliphatic rings. The predicted octanol–water partition coefficient (Wildman–Crippen LogP) is 1.18. The van der Waals surface area contributed by atoms with Crippen LogP contribution < -0.4 is 10.5 Å². The fraction of sp³-hybridized carbons (Fsp3) is 0.462. The number of likely N-dealkylation sites (N-methyl/N-ethyl adjacent to an activating group) is 1. The van der Waals surface area contributed by atoms with Crippen molar-refractivity contribution in [3.05, 3.63) is 29.6 Å². The molecule has 0 unspecified atom stereocenters. The van der Waals surface area contributed by atoms with E-state index in [1.807, 2.05) is 0 Å². The van der Waals surface area contributed by atoms with Gasteiger partial charge in [0.25, 0.3) is 0 Å². The summed E-state index contributed by atoms with van der Waals surface area (Å²) in [6.45, 7) is 0.894. The molecule has 1 aromatic rings. The first kappa shape index (κ1) is 14.4. The van der Waals surface area contributed by atoms with Gasteiger partial charge >= 0.3 is 0 Å². The Labute approximate surface area is 107 Å². The summed E-state index contributed by atoms with van der Waals surface area (Å²) >= 11 is 0. The second-order valence-electron chi connectivity index (χ2n) is 4.07. The Balaban J connectivity index is 2.53. The molecule has 1 amide bonds. The number of nitrogens with two attached hydrogens (primary N) is 1. The molecule has 0 saturated heterocycles. The molecule has 0 fully saturated rings. The number of hydrogen-bond acceptors (Lipinski definition) is 3. The molecule has 100 valence electrons. The van der Waals surface area contributed by atoms with Gasteiger partial charge in [0, 0.05) is 26.6 Å². The van der Waals surface area contributed by atoms with Crippen LogP contribution in [0.3, 0.4) is 0 Å². The second-order valence-corrected chi connectivity index (χ2v) is 4.07. The molecule has 1 aromatic carbocycles. The van der Waals surface area contributed by atoms with Gasteiger partial charge in [-0.05, 0) is 24.1 Å². The highest BCUT2D eigenvalue weighted by molar-refractivity contribution is 5.76. The summed E-state index contributed by atoms with van der Waals surface area (Å²) in [5.41, 5.74) is 6.15. The third-order valence-corrected chi connectivity index (χ3v) is 2.74. The maximum atomic E-state index is 13.4. The van der Waals surface area contributed by atoms with Gasteiger partial charge in [-0.3, -0.25) is 4.79 Å².